The maximum absolute atomic E-state index is 13.2. The van der Waals surface area contributed by atoms with Gasteiger partial charge in [-0.1, -0.05) is 0 Å². The highest BCUT2D eigenvalue weighted by molar-refractivity contribution is 5.57. The van der Waals surface area contributed by atoms with Crippen molar-refractivity contribution in [1.29, 1.82) is 0 Å². The average Bonchev–Trinajstić information content (AvgIpc) is 3.25. The van der Waals surface area contributed by atoms with Crippen molar-refractivity contribution in [3.8, 4) is 17.1 Å². The number of pyridine rings is 1. The molecule has 0 aromatic carbocycles. The highest BCUT2D eigenvalue weighted by Crippen LogP contribution is 2.32. The first kappa shape index (κ1) is 14.7. The Morgan fingerprint density at radius 2 is 2.20 bits per heavy atom. The molecule has 3 aromatic heterocycles. The molecule has 3 aromatic rings. The number of imidazole rings is 1. The van der Waals surface area contributed by atoms with E-state index in [9.17, 15) is 4.79 Å². The summed E-state index contributed by atoms with van der Waals surface area (Å²) in [6.07, 6.45) is 8.46. The third kappa shape index (κ3) is 2.26. The smallest absolute Gasteiger partial charge is 0.261 e. The Bertz CT molecular complexity index is 997. The van der Waals surface area contributed by atoms with Gasteiger partial charge < -0.3 is 9.88 Å². The summed E-state index contributed by atoms with van der Waals surface area (Å²) in [4.78, 5) is 17.7. The number of fused-ring (bicyclic) bond motifs is 4. The molecule has 7 heteroatoms. The quantitative estimate of drug-likeness (QED) is 0.762. The van der Waals surface area contributed by atoms with Crippen LogP contribution in [0.5, 0.6) is 0 Å². The third-order valence-corrected chi connectivity index (χ3v) is 5.36. The lowest BCUT2D eigenvalue weighted by molar-refractivity contribution is 0.257. The Hall–Kier alpha value is -2.67. The van der Waals surface area contributed by atoms with Gasteiger partial charge >= 0.3 is 0 Å². The zero-order valence-electron chi connectivity index (χ0n) is 14.1. The summed E-state index contributed by atoms with van der Waals surface area (Å²) in [6.45, 7) is 2.75. The third-order valence-electron chi connectivity index (χ3n) is 5.36. The molecule has 0 radical (unpaired) electrons. The maximum atomic E-state index is 13.2. The van der Waals surface area contributed by atoms with Crippen molar-refractivity contribution in [3.05, 3.63) is 53.0 Å². The number of nitrogens with zero attached hydrogens (tertiary/aromatic N) is 5. The summed E-state index contributed by atoms with van der Waals surface area (Å²) in [6, 6.07) is 4.03. The molecular weight excluding hydrogens is 316 g/mol. The Morgan fingerprint density at radius 3 is 3.04 bits per heavy atom. The lowest BCUT2D eigenvalue weighted by Crippen LogP contribution is -2.45. The van der Waals surface area contributed by atoms with Crippen molar-refractivity contribution in [3.63, 3.8) is 0 Å². The molecule has 128 valence electrons. The van der Waals surface area contributed by atoms with Crippen molar-refractivity contribution < 1.29 is 0 Å². The van der Waals surface area contributed by atoms with Gasteiger partial charge in [-0.25, -0.2) is 4.98 Å². The van der Waals surface area contributed by atoms with Crippen molar-refractivity contribution in [2.24, 2.45) is 13.0 Å². The molecule has 25 heavy (non-hydrogen) atoms. The van der Waals surface area contributed by atoms with Crippen LogP contribution in [-0.4, -0.2) is 37.0 Å². The van der Waals surface area contributed by atoms with Gasteiger partial charge in [0.2, 0.25) is 0 Å². The molecule has 1 fully saturated rings. The van der Waals surface area contributed by atoms with Crippen molar-refractivity contribution in [1.82, 2.24) is 29.2 Å². The molecule has 2 aliphatic heterocycles. The summed E-state index contributed by atoms with van der Waals surface area (Å²) in [5, 5.41) is 7.70. The lowest BCUT2D eigenvalue weighted by Gasteiger charge is -2.37. The summed E-state index contributed by atoms with van der Waals surface area (Å²) >= 11 is 0. The van der Waals surface area contributed by atoms with Crippen LogP contribution in [0.1, 0.15) is 18.0 Å². The van der Waals surface area contributed by atoms with Crippen LogP contribution in [0.4, 0.5) is 0 Å². The number of hydrogen-bond acceptors (Lipinski definition) is 4. The number of aryl methyl sites for hydroxylation is 1. The molecule has 1 N–H and O–H groups in total. The summed E-state index contributed by atoms with van der Waals surface area (Å²) in [5.41, 5.74) is 2.76. The van der Waals surface area contributed by atoms with Gasteiger partial charge in [0.1, 0.15) is 5.82 Å². The van der Waals surface area contributed by atoms with E-state index in [0.717, 1.165) is 31.0 Å². The van der Waals surface area contributed by atoms with Crippen LogP contribution in [0.25, 0.3) is 17.1 Å². The van der Waals surface area contributed by atoms with Crippen molar-refractivity contribution >= 4 is 0 Å². The molecule has 5 heterocycles. The van der Waals surface area contributed by atoms with Crippen molar-refractivity contribution in [2.75, 3.05) is 13.1 Å². The zero-order chi connectivity index (χ0) is 17.0. The first-order valence-corrected chi connectivity index (χ1v) is 8.68. The molecule has 0 unspecified atom stereocenters. The molecule has 5 rings (SSSR count). The molecule has 7 nitrogen and oxygen atoms in total. The molecule has 0 amide bonds. The Kier molecular flexibility index (Phi) is 3.18. The van der Waals surface area contributed by atoms with Gasteiger partial charge in [-0.15, -0.1) is 0 Å². The van der Waals surface area contributed by atoms with E-state index in [4.69, 9.17) is 0 Å². The van der Waals surface area contributed by atoms with E-state index in [2.05, 4.69) is 21.5 Å². The highest BCUT2D eigenvalue weighted by Gasteiger charge is 2.31. The molecule has 0 saturated carbocycles. The van der Waals surface area contributed by atoms with E-state index in [1.165, 1.54) is 6.42 Å². The number of rotatable bonds is 2. The second-order valence-electron chi connectivity index (χ2n) is 7.04. The van der Waals surface area contributed by atoms with Crippen LogP contribution in [0.2, 0.25) is 0 Å². The summed E-state index contributed by atoms with van der Waals surface area (Å²) in [5.74, 6) is 1.65. The monoisotopic (exact) mass is 336 g/mol. The number of piperidine rings is 1. The zero-order valence-corrected chi connectivity index (χ0v) is 14.1. The fourth-order valence-electron chi connectivity index (χ4n) is 4.20. The van der Waals surface area contributed by atoms with Gasteiger partial charge in [0.05, 0.1) is 17.4 Å². The minimum Gasteiger partial charge on any atom is -0.316 e. The second kappa shape index (κ2) is 5.42. The first-order chi connectivity index (χ1) is 12.2. The van der Waals surface area contributed by atoms with E-state index < -0.39 is 0 Å². The normalized spacial score (nSPS) is 22.0. The van der Waals surface area contributed by atoms with Gasteiger partial charge in [-0.05, 0) is 31.0 Å². The molecule has 2 atom stereocenters. The Morgan fingerprint density at radius 1 is 1.28 bits per heavy atom. The maximum Gasteiger partial charge on any atom is 0.261 e. The Labute approximate surface area is 144 Å². The molecule has 0 aliphatic carbocycles. The van der Waals surface area contributed by atoms with Crippen LogP contribution in [0.15, 0.2) is 41.7 Å². The van der Waals surface area contributed by atoms with Crippen LogP contribution < -0.4 is 10.9 Å². The van der Waals surface area contributed by atoms with E-state index >= 15 is 0 Å². The van der Waals surface area contributed by atoms with Crippen molar-refractivity contribution in [2.45, 2.75) is 18.9 Å². The summed E-state index contributed by atoms with van der Waals surface area (Å²) < 4.78 is 5.63. The second-order valence-corrected chi connectivity index (χ2v) is 7.04. The fraction of sp³-hybridized carbons (Fsp3) is 0.389. The van der Waals surface area contributed by atoms with E-state index in [0.29, 0.717) is 23.2 Å². The topological polar surface area (TPSA) is 69.7 Å². The van der Waals surface area contributed by atoms with Crippen LogP contribution >= 0.6 is 0 Å². The van der Waals surface area contributed by atoms with Crippen LogP contribution in [-0.2, 0) is 13.6 Å². The molecule has 1 saturated heterocycles. The highest BCUT2D eigenvalue weighted by atomic mass is 16.1. The standard InChI is InChI=1S/C18H20N6O/c1-22-11-14(9-21-22)23-5-4-20-17(23)15-2-3-16-13-6-12(7-19-8-13)10-24(16)18(15)25/h2-5,9,11-13,19H,6-8,10H2,1H3/t12-,13+/m0/s1. The number of nitrogens with one attached hydrogen (secondary N) is 1. The Balaban J connectivity index is 1.64. The molecule has 2 bridgehead atoms. The molecule has 2 aliphatic rings. The van der Waals surface area contributed by atoms with Gasteiger partial charge in [0.15, 0.2) is 0 Å². The number of hydrogen-bond donors (Lipinski definition) is 1. The van der Waals surface area contributed by atoms with E-state index in [-0.39, 0.29) is 5.56 Å². The van der Waals surface area contributed by atoms with Gasteiger partial charge in [0, 0.05) is 50.3 Å². The average molecular weight is 336 g/mol. The number of aromatic nitrogens is 5. The van der Waals surface area contributed by atoms with Crippen LogP contribution in [0, 0.1) is 5.92 Å². The predicted molar refractivity (Wildman–Crippen MR) is 93.7 cm³/mol. The first-order valence-electron chi connectivity index (χ1n) is 8.68. The van der Waals surface area contributed by atoms with Gasteiger partial charge in [-0.2, -0.15) is 5.10 Å². The van der Waals surface area contributed by atoms with Gasteiger partial charge in [0.25, 0.3) is 5.56 Å². The van der Waals surface area contributed by atoms with Crippen LogP contribution in [0.3, 0.4) is 0 Å². The fourth-order valence-corrected chi connectivity index (χ4v) is 4.20. The minimum absolute atomic E-state index is 0.0606. The predicted octanol–water partition coefficient (Wildman–Crippen LogP) is 1.14. The largest absolute Gasteiger partial charge is 0.316 e. The van der Waals surface area contributed by atoms with E-state index in [1.54, 1.807) is 17.1 Å². The van der Waals surface area contributed by atoms with Gasteiger partial charge in [-0.3, -0.25) is 14.0 Å². The summed E-state index contributed by atoms with van der Waals surface area (Å²) in [7, 11) is 1.88. The van der Waals surface area contributed by atoms with E-state index in [1.807, 2.05) is 34.6 Å². The molecule has 0 spiro atoms. The SMILES string of the molecule is Cn1cc(-n2ccnc2-c2ccc3n(c2=O)C[C@@H]2CNC[C@H]3C2)cn1. The molecular formula is C18H20N6O. The lowest BCUT2D eigenvalue weighted by atomic mass is 9.84. The minimum atomic E-state index is 0.0606.